The van der Waals surface area contributed by atoms with E-state index < -0.39 is 0 Å². The first-order chi connectivity index (χ1) is 8.65. The van der Waals surface area contributed by atoms with E-state index >= 15 is 0 Å². The van der Waals surface area contributed by atoms with Gasteiger partial charge in [0.05, 0.1) is 0 Å². The van der Waals surface area contributed by atoms with Crippen LogP contribution in [-0.4, -0.2) is 5.78 Å². The molecular weight excluding hydrogens is 244 g/mol. The summed E-state index contributed by atoms with van der Waals surface area (Å²) in [5.74, 6) is 0.176. The Morgan fingerprint density at radius 2 is 1.83 bits per heavy atom. The molecule has 0 heterocycles. The zero-order valence-electron chi connectivity index (χ0n) is 10.3. The topological polar surface area (TPSA) is 17.1 Å². The quantitative estimate of drug-likeness (QED) is 0.740. The molecule has 2 rings (SSSR count). The van der Waals surface area contributed by atoms with Crippen LogP contribution in [-0.2, 0) is 6.42 Å². The summed E-state index contributed by atoms with van der Waals surface area (Å²) in [5.41, 5.74) is 3.05. The minimum Gasteiger partial charge on any atom is -0.294 e. The van der Waals surface area contributed by atoms with Crippen molar-refractivity contribution in [2.24, 2.45) is 0 Å². The van der Waals surface area contributed by atoms with Crippen LogP contribution in [0.3, 0.4) is 0 Å². The first kappa shape index (κ1) is 12.8. The van der Waals surface area contributed by atoms with Crippen LogP contribution < -0.4 is 0 Å². The molecule has 0 aliphatic heterocycles. The molecule has 0 bridgehead atoms. The van der Waals surface area contributed by atoms with Gasteiger partial charge < -0.3 is 0 Å². The van der Waals surface area contributed by atoms with E-state index in [1.54, 1.807) is 0 Å². The predicted molar refractivity (Wildman–Crippen MR) is 75.3 cm³/mol. The van der Waals surface area contributed by atoms with E-state index in [1.807, 2.05) is 55.5 Å². The molecule has 0 fully saturated rings. The molecule has 18 heavy (non-hydrogen) atoms. The van der Waals surface area contributed by atoms with E-state index in [1.165, 1.54) is 5.56 Å². The molecule has 0 N–H and O–H groups in total. The van der Waals surface area contributed by atoms with Crippen molar-refractivity contribution in [1.29, 1.82) is 0 Å². The summed E-state index contributed by atoms with van der Waals surface area (Å²) < 4.78 is 0. The van der Waals surface area contributed by atoms with Gasteiger partial charge >= 0.3 is 0 Å². The molecule has 1 nitrogen and oxygen atoms in total. The molecule has 92 valence electrons. The van der Waals surface area contributed by atoms with E-state index in [9.17, 15) is 4.79 Å². The van der Waals surface area contributed by atoms with Crippen LogP contribution in [0.1, 0.15) is 27.9 Å². The molecular formula is C16H15ClO. The normalized spacial score (nSPS) is 10.3. The second-order valence-corrected chi connectivity index (χ2v) is 4.86. The van der Waals surface area contributed by atoms with Gasteiger partial charge in [0, 0.05) is 17.0 Å². The van der Waals surface area contributed by atoms with Crippen molar-refractivity contribution < 1.29 is 4.79 Å². The van der Waals surface area contributed by atoms with Crippen molar-refractivity contribution in [3.8, 4) is 0 Å². The van der Waals surface area contributed by atoms with Crippen LogP contribution in [0, 0.1) is 6.92 Å². The van der Waals surface area contributed by atoms with Gasteiger partial charge in [0.2, 0.25) is 0 Å². The highest BCUT2D eigenvalue weighted by atomic mass is 35.5. The van der Waals surface area contributed by atoms with Crippen LogP contribution in [0.4, 0.5) is 0 Å². The largest absolute Gasteiger partial charge is 0.294 e. The third-order valence-corrected chi connectivity index (χ3v) is 3.14. The highest BCUT2D eigenvalue weighted by molar-refractivity contribution is 6.30. The lowest BCUT2D eigenvalue weighted by Crippen LogP contribution is -2.01. The highest BCUT2D eigenvalue weighted by Gasteiger charge is 2.05. The monoisotopic (exact) mass is 258 g/mol. The molecule has 0 unspecified atom stereocenters. The Bertz CT molecular complexity index is 543. The number of Topliss-reactive ketones (excluding diaryl/α,β-unsaturated/α-hetero) is 1. The number of hydrogen-bond donors (Lipinski definition) is 0. The molecule has 0 aliphatic rings. The number of rotatable bonds is 4. The van der Waals surface area contributed by atoms with Crippen LogP contribution in [0.2, 0.25) is 5.02 Å². The molecule has 0 atom stereocenters. The molecule has 0 aliphatic carbocycles. The fraction of sp³-hybridized carbons (Fsp3) is 0.188. The Hall–Kier alpha value is -1.60. The zero-order valence-corrected chi connectivity index (χ0v) is 11.1. The van der Waals surface area contributed by atoms with Gasteiger partial charge in [-0.25, -0.2) is 0 Å². The summed E-state index contributed by atoms with van der Waals surface area (Å²) in [6.07, 6.45) is 1.25. The average Bonchev–Trinajstić information content (AvgIpc) is 2.37. The molecule has 2 heteroatoms. The van der Waals surface area contributed by atoms with Gasteiger partial charge in [0.15, 0.2) is 5.78 Å². The first-order valence-electron chi connectivity index (χ1n) is 5.99. The van der Waals surface area contributed by atoms with E-state index in [0.717, 1.165) is 22.6 Å². The predicted octanol–water partition coefficient (Wildman–Crippen LogP) is 4.46. The number of ketones is 1. The first-order valence-corrected chi connectivity index (χ1v) is 6.37. The Labute approximate surface area is 112 Å². The number of hydrogen-bond acceptors (Lipinski definition) is 1. The lowest BCUT2D eigenvalue weighted by molar-refractivity contribution is 0.0983. The maximum Gasteiger partial charge on any atom is 0.163 e. The van der Waals surface area contributed by atoms with E-state index in [4.69, 9.17) is 11.6 Å². The summed E-state index contributed by atoms with van der Waals surface area (Å²) >= 11 is 5.91. The van der Waals surface area contributed by atoms with Gasteiger partial charge in [-0.1, -0.05) is 53.6 Å². The maximum atomic E-state index is 12.0. The Morgan fingerprint density at radius 3 is 2.50 bits per heavy atom. The molecule has 0 radical (unpaired) electrons. The van der Waals surface area contributed by atoms with Gasteiger partial charge in [-0.3, -0.25) is 4.79 Å². The van der Waals surface area contributed by atoms with Crippen LogP contribution in [0.25, 0.3) is 0 Å². The summed E-state index contributed by atoms with van der Waals surface area (Å²) in [6.45, 7) is 2.01. The molecule has 0 aromatic heterocycles. The number of carbonyl (C=O) groups is 1. The molecule has 0 amide bonds. The standard InChI is InChI=1S/C16H15ClO/c1-12-5-8-14(9-6-12)16(18)10-7-13-3-2-4-15(17)11-13/h2-6,8-9,11H,7,10H2,1H3. The summed E-state index contributed by atoms with van der Waals surface area (Å²) in [6, 6.07) is 15.4. The molecule has 0 spiro atoms. The SMILES string of the molecule is Cc1ccc(C(=O)CCc2cccc(Cl)c2)cc1. The number of aryl methyl sites for hydroxylation is 2. The fourth-order valence-corrected chi connectivity index (χ4v) is 2.05. The molecule has 0 saturated carbocycles. The van der Waals surface area contributed by atoms with E-state index in [-0.39, 0.29) is 5.78 Å². The van der Waals surface area contributed by atoms with Crippen molar-refractivity contribution in [2.75, 3.05) is 0 Å². The summed E-state index contributed by atoms with van der Waals surface area (Å²) in [5, 5.41) is 0.718. The Balaban J connectivity index is 1.98. The van der Waals surface area contributed by atoms with Gasteiger partial charge in [0.1, 0.15) is 0 Å². The average molecular weight is 259 g/mol. The minimum absolute atomic E-state index is 0.176. The summed E-state index contributed by atoms with van der Waals surface area (Å²) in [7, 11) is 0. The highest BCUT2D eigenvalue weighted by Crippen LogP contribution is 2.14. The fourth-order valence-electron chi connectivity index (χ4n) is 1.83. The lowest BCUT2D eigenvalue weighted by Gasteiger charge is -2.03. The van der Waals surface area contributed by atoms with Crippen molar-refractivity contribution in [3.63, 3.8) is 0 Å². The Kier molecular flexibility index (Phi) is 4.16. The van der Waals surface area contributed by atoms with Crippen LogP contribution in [0.15, 0.2) is 48.5 Å². The summed E-state index contributed by atoms with van der Waals surface area (Å²) in [4.78, 5) is 12.0. The van der Waals surface area contributed by atoms with E-state index in [2.05, 4.69) is 0 Å². The van der Waals surface area contributed by atoms with Gasteiger partial charge in [-0.05, 0) is 31.0 Å². The van der Waals surface area contributed by atoms with Crippen LogP contribution in [0.5, 0.6) is 0 Å². The van der Waals surface area contributed by atoms with Crippen molar-refractivity contribution >= 4 is 17.4 Å². The maximum absolute atomic E-state index is 12.0. The number of halogens is 1. The smallest absolute Gasteiger partial charge is 0.163 e. The minimum atomic E-state index is 0.176. The Morgan fingerprint density at radius 1 is 1.11 bits per heavy atom. The lowest BCUT2D eigenvalue weighted by atomic mass is 10.0. The second-order valence-electron chi connectivity index (χ2n) is 4.42. The van der Waals surface area contributed by atoms with E-state index in [0.29, 0.717) is 6.42 Å². The second kappa shape index (κ2) is 5.83. The molecule has 2 aromatic rings. The van der Waals surface area contributed by atoms with Gasteiger partial charge in [-0.15, -0.1) is 0 Å². The third kappa shape index (κ3) is 3.44. The van der Waals surface area contributed by atoms with Crippen molar-refractivity contribution in [1.82, 2.24) is 0 Å². The molecule has 0 saturated heterocycles. The number of carbonyl (C=O) groups excluding carboxylic acids is 1. The third-order valence-electron chi connectivity index (χ3n) is 2.90. The van der Waals surface area contributed by atoms with Crippen LogP contribution >= 0.6 is 11.6 Å². The zero-order chi connectivity index (χ0) is 13.0. The molecule has 2 aromatic carbocycles. The van der Waals surface area contributed by atoms with Gasteiger partial charge in [0.25, 0.3) is 0 Å². The number of benzene rings is 2. The van der Waals surface area contributed by atoms with Gasteiger partial charge in [-0.2, -0.15) is 0 Å². The van der Waals surface area contributed by atoms with Crippen molar-refractivity contribution in [3.05, 3.63) is 70.2 Å². The van der Waals surface area contributed by atoms with Crippen molar-refractivity contribution in [2.45, 2.75) is 19.8 Å².